The Labute approximate surface area is 98.5 Å². The number of nitrogens with zero attached hydrogens (tertiary/aromatic N) is 1. The molecule has 0 atom stereocenters. The van der Waals surface area contributed by atoms with E-state index >= 15 is 0 Å². The minimum Gasteiger partial charge on any atom is -0.459 e. The van der Waals surface area contributed by atoms with Crippen molar-refractivity contribution in [2.45, 2.75) is 0 Å². The zero-order chi connectivity index (χ0) is 12.5. The number of carbonyl (C=O) groups is 1. The predicted octanol–water partition coefficient (Wildman–Crippen LogP) is 1.04. The summed E-state index contributed by atoms with van der Waals surface area (Å²) in [6, 6.07) is 3.94. The van der Waals surface area contributed by atoms with Crippen LogP contribution in [-0.4, -0.2) is 44.5 Å². The number of hydrogen-bond acceptors (Lipinski definition) is 5. The minimum atomic E-state index is -0.712. The van der Waals surface area contributed by atoms with Gasteiger partial charge in [-0.25, -0.2) is 9.78 Å². The van der Waals surface area contributed by atoms with E-state index in [0.717, 1.165) is 6.07 Å². The number of rotatable bonds is 7. The molecule has 0 aliphatic carbocycles. The molecule has 0 fully saturated rings. The van der Waals surface area contributed by atoms with E-state index in [4.69, 9.17) is 14.2 Å². The molecule has 0 radical (unpaired) electrons. The molecule has 0 unspecified atom stereocenters. The van der Waals surface area contributed by atoms with Crippen LogP contribution in [0.3, 0.4) is 0 Å². The van der Waals surface area contributed by atoms with Gasteiger partial charge in [-0.05, 0) is 12.1 Å². The largest absolute Gasteiger partial charge is 0.459 e. The third kappa shape index (κ3) is 5.37. The number of ether oxygens (including phenoxy) is 3. The van der Waals surface area contributed by atoms with Gasteiger partial charge in [-0.3, -0.25) is 0 Å². The molecule has 0 bridgehead atoms. The molecular weight excluding hydrogens is 229 g/mol. The van der Waals surface area contributed by atoms with Crippen molar-refractivity contribution in [3.05, 3.63) is 29.8 Å². The summed E-state index contributed by atoms with van der Waals surface area (Å²) in [4.78, 5) is 14.8. The average molecular weight is 243 g/mol. The van der Waals surface area contributed by atoms with Gasteiger partial charge in [0.2, 0.25) is 5.95 Å². The smallest absolute Gasteiger partial charge is 0.357 e. The topological polar surface area (TPSA) is 57.7 Å². The maximum absolute atomic E-state index is 12.7. The zero-order valence-corrected chi connectivity index (χ0v) is 9.52. The summed E-state index contributed by atoms with van der Waals surface area (Å²) in [6.07, 6.45) is 0. The number of halogens is 1. The lowest BCUT2D eigenvalue weighted by Gasteiger charge is -2.05. The normalized spacial score (nSPS) is 10.2. The third-order valence-electron chi connectivity index (χ3n) is 1.82. The van der Waals surface area contributed by atoms with E-state index in [1.54, 1.807) is 7.11 Å². The molecule has 6 heteroatoms. The van der Waals surface area contributed by atoms with Crippen LogP contribution < -0.4 is 0 Å². The van der Waals surface area contributed by atoms with Crippen LogP contribution in [0, 0.1) is 5.95 Å². The first-order valence-corrected chi connectivity index (χ1v) is 5.10. The van der Waals surface area contributed by atoms with Crippen molar-refractivity contribution in [3.63, 3.8) is 0 Å². The van der Waals surface area contributed by atoms with Crippen molar-refractivity contribution in [1.82, 2.24) is 4.98 Å². The molecule has 0 saturated carbocycles. The van der Waals surface area contributed by atoms with Gasteiger partial charge in [0.15, 0.2) is 5.69 Å². The molecule has 0 saturated heterocycles. The Morgan fingerprint density at radius 3 is 2.76 bits per heavy atom. The Kier molecular flexibility index (Phi) is 6.13. The molecule has 0 aliphatic heterocycles. The Hall–Kier alpha value is -1.53. The van der Waals surface area contributed by atoms with Gasteiger partial charge in [0, 0.05) is 7.11 Å². The molecule has 94 valence electrons. The van der Waals surface area contributed by atoms with Gasteiger partial charge in [0.05, 0.1) is 19.8 Å². The molecule has 0 aliphatic rings. The predicted molar refractivity (Wildman–Crippen MR) is 57.2 cm³/mol. The van der Waals surface area contributed by atoms with Crippen molar-refractivity contribution < 1.29 is 23.4 Å². The lowest BCUT2D eigenvalue weighted by Crippen LogP contribution is -2.13. The van der Waals surface area contributed by atoms with E-state index in [2.05, 4.69) is 4.98 Å². The second-order valence-corrected chi connectivity index (χ2v) is 3.09. The van der Waals surface area contributed by atoms with E-state index in [9.17, 15) is 9.18 Å². The van der Waals surface area contributed by atoms with Crippen molar-refractivity contribution in [3.8, 4) is 0 Å². The highest BCUT2D eigenvalue weighted by atomic mass is 19.1. The van der Waals surface area contributed by atoms with Crippen LogP contribution in [-0.2, 0) is 14.2 Å². The molecule has 0 amide bonds. The highest BCUT2D eigenvalue weighted by molar-refractivity contribution is 5.87. The van der Waals surface area contributed by atoms with E-state index in [-0.39, 0.29) is 18.9 Å². The first-order chi connectivity index (χ1) is 8.24. The summed E-state index contributed by atoms with van der Waals surface area (Å²) in [5, 5.41) is 0. The van der Waals surface area contributed by atoms with Crippen LogP contribution in [0.2, 0.25) is 0 Å². The maximum Gasteiger partial charge on any atom is 0.357 e. The molecule has 0 aromatic carbocycles. The molecule has 0 N–H and O–H groups in total. The SMILES string of the molecule is COCCOCCOC(=O)c1cccc(F)n1. The van der Waals surface area contributed by atoms with Crippen LogP contribution in [0.25, 0.3) is 0 Å². The molecule has 5 nitrogen and oxygen atoms in total. The second-order valence-electron chi connectivity index (χ2n) is 3.09. The highest BCUT2D eigenvalue weighted by Gasteiger charge is 2.08. The van der Waals surface area contributed by atoms with Crippen LogP contribution in [0.15, 0.2) is 18.2 Å². The van der Waals surface area contributed by atoms with Gasteiger partial charge < -0.3 is 14.2 Å². The first-order valence-electron chi connectivity index (χ1n) is 5.10. The number of methoxy groups -OCH3 is 1. The molecule has 1 aromatic rings. The Morgan fingerprint density at radius 1 is 1.29 bits per heavy atom. The number of hydrogen-bond donors (Lipinski definition) is 0. The average Bonchev–Trinajstić information content (AvgIpc) is 2.33. The lowest BCUT2D eigenvalue weighted by atomic mass is 10.3. The highest BCUT2D eigenvalue weighted by Crippen LogP contribution is 1.99. The van der Waals surface area contributed by atoms with Crippen LogP contribution >= 0.6 is 0 Å². The van der Waals surface area contributed by atoms with Crippen molar-refractivity contribution >= 4 is 5.97 Å². The fourth-order valence-corrected chi connectivity index (χ4v) is 1.03. The van der Waals surface area contributed by atoms with Gasteiger partial charge in [0.1, 0.15) is 6.61 Å². The quantitative estimate of drug-likeness (QED) is 0.407. The minimum absolute atomic E-state index is 0.0538. The number of esters is 1. The number of pyridine rings is 1. The summed E-state index contributed by atoms with van der Waals surface area (Å²) in [7, 11) is 1.57. The Morgan fingerprint density at radius 2 is 2.06 bits per heavy atom. The third-order valence-corrected chi connectivity index (χ3v) is 1.82. The van der Waals surface area contributed by atoms with E-state index in [1.165, 1.54) is 12.1 Å². The first kappa shape index (κ1) is 13.5. The molecule has 0 spiro atoms. The fourth-order valence-electron chi connectivity index (χ4n) is 1.03. The van der Waals surface area contributed by atoms with Crippen molar-refractivity contribution in [2.75, 3.05) is 33.5 Å². The molecule has 1 heterocycles. The molecule has 1 rings (SSSR count). The Balaban J connectivity index is 2.21. The van der Waals surface area contributed by atoms with Gasteiger partial charge in [-0.1, -0.05) is 6.07 Å². The molecule has 1 aromatic heterocycles. The summed E-state index contributed by atoms with van der Waals surface area (Å²) < 4.78 is 27.4. The van der Waals surface area contributed by atoms with Gasteiger partial charge in [0.25, 0.3) is 0 Å². The number of carbonyl (C=O) groups excluding carboxylic acids is 1. The van der Waals surface area contributed by atoms with Gasteiger partial charge in [-0.2, -0.15) is 4.39 Å². The summed E-state index contributed by atoms with van der Waals surface area (Å²) >= 11 is 0. The summed E-state index contributed by atoms with van der Waals surface area (Å²) in [5.41, 5.74) is -0.0538. The van der Waals surface area contributed by atoms with E-state index in [1.807, 2.05) is 0 Å². The molecular formula is C11H14FNO4. The molecule has 17 heavy (non-hydrogen) atoms. The Bertz CT molecular complexity index is 359. The van der Waals surface area contributed by atoms with E-state index < -0.39 is 11.9 Å². The van der Waals surface area contributed by atoms with Crippen molar-refractivity contribution in [2.24, 2.45) is 0 Å². The second kappa shape index (κ2) is 7.70. The van der Waals surface area contributed by atoms with E-state index in [0.29, 0.717) is 13.2 Å². The van der Waals surface area contributed by atoms with Crippen LogP contribution in [0.5, 0.6) is 0 Å². The maximum atomic E-state index is 12.7. The van der Waals surface area contributed by atoms with Crippen LogP contribution in [0.1, 0.15) is 10.5 Å². The van der Waals surface area contributed by atoms with Crippen LogP contribution in [0.4, 0.5) is 4.39 Å². The fraction of sp³-hybridized carbons (Fsp3) is 0.455. The number of aromatic nitrogens is 1. The van der Waals surface area contributed by atoms with Gasteiger partial charge in [-0.15, -0.1) is 0 Å². The van der Waals surface area contributed by atoms with Crippen molar-refractivity contribution in [1.29, 1.82) is 0 Å². The zero-order valence-electron chi connectivity index (χ0n) is 9.52. The summed E-state index contributed by atoms with van der Waals surface area (Å²) in [6.45, 7) is 1.29. The monoisotopic (exact) mass is 243 g/mol. The lowest BCUT2D eigenvalue weighted by molar-refractivity contribution is 0.0208. The standard InChI is InChI=1S/C11H14FNO4/c1-15-5-6-16-7-8-17-11(14)9-3-2-4-10(12)13-9/h2-4H,5-8H2,1H3. The van der Waals surface area contributed by atoms with Gasteiger partial charge >= 0.3 is 5.97 Å². The summed E-state index contributed by atoms with van der Waals surface area (Å²) in [5.74, 6) is -1.38.